The van der Waals surface area contributed by atoms with Gasteiger partial charge in [0.15, 0.2) is 11.9 Å². The normalized spacial score (nSPS) is 17.1. The lowest BCUT2D eigenvalue weighted by molar-refractivity contribution is -0.148. The van der Waals surface area contributed by atoms with Crippen molar-refractivity contribution in [2.75, 3.05) is 25.2 Å². The molecule has 0 spiro atoms. The molecule has 0 bridgehead atoms. The molecule has 2 atom stereocenters. The highest BCUT2D eigenvalue weighted by Gasteiger charge is 2.38. The van der Waals surface area contributed by atoms with E-state index < -0.39 is 29.5 Å². The van der Waals surface area contributed by atoms with E-state index in [0.717, 1.165) is 5.56 Å². The predicted octanol–water partition coefficient (Wildman–Crippen LogP) is 2.50. The fourth-order valence-electron chi connectivity index (χ4n) is 3.91. The average Bonchev–Trinajstić information content (AvgIpc) is 3.48. The van der Waals surface area contributed by atoms with Crippen molar-refractivity contribution in [3.05, 3.63) is 64.6 Å². The van der Waals surface area contributed by atoms with E-state index in [-0.39, 0.29) is 12.5 Å². The number of amides is 1. The van der Waals surface area contributed by atoms with Crippen molar-refractivity contribution in [1.82, 2.24) is 10.1 Å². The smallest absolute Gasteiger partial charge is 0.439 e. The summed E-state index contributed by atoms with van der Waals surface area (Å²) < 4.78 is 20.7. The van der Waals surface area contributed by atoms with Gasteiger partial charge in [-0.05, 0) is 47.9 Å². The van der Waals surface area contributed by atoms with Crippen LogP contribution in [-0.4, -0.2) is 54.1 Å². The Labute approximate surface area is 207 Å². The first kappa shape index (κ1) is 25.0. The number of H-pyrrole nitrogens is 1. The molecule has 0 aliphatic carbocycles. The molecule has 1 amide bonds. The zero-order chi connectivity index (χ0) is 25.9. The Morgan fingerprint density at radius 1 is 1.19 bits per heavy atom. The van der Waals surface area contributed by atoms with Crippen molar-refractivity contribution in [2.45, 2.75) is 31.9 Å². The van der Waals surface area contributed by atoms with Gasteiger partial charge in [-0.3, -0.25) is 19.2 Å². The number of hydrogen-bond acceptors (Lipinski definition) is 9. The molecule has 3 N–H and O–H groups in total. The first-order valence-corrected chi connectivity index (χ1v) is 11.4. The topological polar surface area (TPSA) is 150 Å². The third-order valence-electron chi connectivity index (χ3n) is 6.22. The van der Waals surface area contributed by atoms with E-state index in [1.54, 1.807) is 36.4 Å². The third kappa shape index (κ3) is 5.25. The number of aromatic amines is 1. The van der Waals surface area contributed by atoms with E-state index in [2.05, 4.69) is 14.7 Å². The van der Waals surface area contributed by atoms with Crippen LogP contribution in [0.1, 0.15) is 19.4 Å². The van der Waals surface area contributed by atoms with Gasteiger partial charge in [-0.1, -0.05) is 31.1 Å². The van der Waals surface area contributed by atoms with Crippen LogP contribution in [0.2, 0.25) is 0 Å². The SMILES string of the molecule is COC(=O)C(N)(Cc1ccc(OCC2CN(c3ccc(-c4noc(=O)[nH]4)cc3)C(=O)O2)cc1)C(C)C. The number of hydrogen-bond donors (Lipinski definition) is 2. The number of rotatable bonds is 9. The van der Waals surface area contributed by atoms with Gasteiger partial charge in [-0.15, -0.1) is 0 Å². The zero-order valence-electron chi connectivity index (χ0n) is 20.2. The van der Waals surface area contributed by atoms with E-state index >= 15 is 0 Å². The summed E-state index contributed by atoms with van der Waals surface area (Å²) >= 11 is 0. The predicted molar refractivity (Wildman–Crippen MR) is 130 cm³/mol. The number of methoxy groups -OCH3 is 1. The molecule has 2 aromatic carbocycles. The maximum atomic E-state index is 12.4. The molecule has 0 radical (unpaired) electrons. The lowest BCUT2D eigenvalue weighted by atomic mass is 9.82. The van der Waals surface area contributed by atoms with Gasteiger partial charge >= 0.3 is 17.8 Å². The molecule has 36 heavy (non-hydrogen) atoms. The number of anilines is 1. The lowest BCUT2D eigenvalue weighted by Gasteiger charge is -2.30. The molecule has 2 unspecified atom stereocenters. The number of aromatic nitrogens is 2. The second-order valence-corrected chi connectivity index (χ2v) is 8.93. The van der Waals surface area contributed by atoms with Gasteiger partial charge in [0.2, 0.25) is 0 Å². The Balaban J connectivity index is 1.33. The van der Waals surface area contributed by atoms with Gasteiger partial charge in [0.05, 0.1) is 13.7 Å². The van der Waals surface area contributed by atoms with Crippen LogP contribution in [0.15, 0.2) is 57.8 Å². The maximum Gasteiger partial charge on any atom is 0.439 e. The fraction of sp³-hybridized carbons (Fsp3) is 0.360. The van der Waals surface area contributed by atoms with Crippen LogP contribution in [0, 0.1) is 5.92 Å². The summed E-state index contributed by atoms with van der Waals surface area (Å²) in [7, 11) is 1.33. The molecular weight excluding hydrogens is 468 g/mol. The summed E-state index contributed by atoms with van der Waals surface area (Å²) in [5.74, 6) is -0.292. The minimum absolute atomic E-state index is 0.108. The molecule has 1 fully saturated rings. The van der Waals surface area contributed by atoms with E-state index in [1.165, 1.54) is 12.0 Å². The van der Waals surface area contributed by atoms with Crippen LogP contribution in [0.25, 0.3) is 11.4 Å². The largest absolute Gasteiger partial charge is 0.490 e. The maximum absolute atomic E-state index is 12.4. The zero-order valence-corrected chi connectivity index (χ0v) is 20.2. The van der Waals surface area contributed by atoms with E-state index in [1.807, 2.05) is 26.0 Å². The monoisotopic (exact) mass is 496 g/mol. The number of nitrogens with one attached hydrogen (secondary N) is 1. The van der Waals surface area contributed by atoms with Crippen molar-refractivity contribution in [2.24, 2.45) is 11.7 Å². The molecule has 4 rings (SSSR count). The molecule has 1 saturated heterocycles. The van der Waals surface area contributed by atoms with Gasteiger partial charge in [0, 0.05) is 17.7 Å². The summed E-state index contributed by atoms with van der Waals surface area (Å²) in [4.78, 5) is 39.7. The lowest BCUT2D eigenvalue weighted by Crippen LogP contribution is -2.54. The summed E-state index contributed by atoms with van der Waals surface area (Å²) in [6.07, 6.45) is -0.601. The quantitative estimate of drug-likeness (QED) is 0.426. The van der Waals surface area contributed by atoms with Crippen LogP contribution in [0.5, 0.6) is 5.75 Å². The molecule has 190 valence electrons. The van der Waals surface area contributed by atoms with E-state index in [4.69, 9.17) is 19.9 Å². The minimum atomic E-state index is -1.12. The molecule has 11 nitrogen and oxygen atoms in total. The van der Waals surface area contributed by atoms with E-state index in [9.17, 15) is 14.4 Å². The molecular formula is C25H28N4O7. The van der Waals surface area contributed by atoms with Crippen LogP contribution in [0.4, 0.5) is 10.5 Å². The van der Waals surface area contributed by atoms with Gasteiger partial charge in [-0.2, -0.15) is 0 Å². The number of nitrogens with two attached hydrogens (primary N) is 1. The Kier molecular flexibility index (Phi) is 7.11. The Morgan fingerprint density at radius 2 is 1.89 bits per heavy atom. The van der Waals surface area contributed by atoms with Gasteiger partial charge < -0.3 is 19.9 Å². The highest BCUT2D eigenvalue weighted by Crippen LogP contribution is 2.26. The molecule has 0 saturated carbocycles. The first-order chi connectivity index (χ1) is 17.2. The number of esters is 1. The number of nitrogens with zero attached hydrogens (tertiary/aromatic N) is 2. The minimum Gasteiger partial charge on any atom is -0.490 e. The van der Waals surface area contributed by atoms with Crippen molar-refractivity contribution in [1.29, 1.82) is 0 Å². The van der Waals surface area contributed by atoms with Crippen molar-refractivity contribution >= 4 is 17.7 Å². The van der Waals surface area contributed by atoms with Crippen molar-refractivity contribution in [3.63, 3.8) is 0 Å². The van der Waals surface area contributed by atoms with Crippen LogP contribution in [-0.2, 0) is 20.7 Å². The van der Waals surface area contributed by atoms with E-state index in [0.29, 0.717) is 35.8 Å². The number of benzene rings is 2. The first-order valence-electron chi connectivity index (χ1n) is 11.4. The fourth-order valence-corrected chi connectivity index (χ4v) is 3.91. The average molecular weight is 497 g/mol. The summed E-state index contributed by atoms with van der Waals surface area (Å²) in [6.45, 7) is 4.26. The Bertz CT molecular complexity index is 1270. The Morgan fingerprint density at radius 3 is 2.47 bits per heavy atom. The summed E-state index contributed by atoms with van der Waals surface area (Å²) in [6, 6.07) is 14.2. The van der Waals surface area contributed by atoms with Crippen LogP contribution < -0.4 is 21.1 Å². The number of cyclic esters (lactones) is 1. The number of carbonyl (C=O) groups excluding carboxylic acids is 2. The molecule has 1 aromatic heterocycles. The van der Waals surface area contributed by atoms with Crippen molar-refractivity contribution < 1.29 is 28.3 Å². The van der Waals surface area contributed by atoms with Crippen molar-refractivity contribution in [3.8, 4) is 17.1 Å². The molecule has 1 aliphatic rings. The second-order valence-electron chi connectivity index (χ2n) is 8.93. The molecule has 1 aliphatic heterocycles. The highest BCUT2D eigenvalue weighted by molar-refractivity contribution is 5.90. The Hall–Kier alpha value is -4.12. The van der Waals surface area contributed by atoms with Gasteiger partial charge in [0.1, 0.15) is 17.9 Å². The summed E-state index contributed by atoms with van der Waals surface area (Å²) in [5.41, 5.74) is 7.38. The van der Waals surface area contributed by atoms with Gasteiger partial charge in [-0.25, -0.2) is 9.59 Å². The van der Waals surface area contributed by atoms with Crippen LogP contribution >= 0.6 is 0 Å². The second kappa shape index (κ2) is 10.2. The molecule has 3 aromatic rings. The summed E-state index contributed by atoms with van der Waals surface area (Å²) in [5, 5.41) is 3.64. The highest BCUT2D eigenvalue weighted by atomic mass is 16.6. The number of carbonyl (C=O) groups is 2. The third-order valence-corrected chi connectivity index (χ3v) is 6.22. The van der Waals surface area contributed by atoms with Crippen LogP contribution in [0.3, 0.4) is 0 Å². The van der Waals surface area contributed by atoms with Gasteiger partial charge in [0.25, 0.3) is 0 Å². The standard InChI is InChI=1S/C25H28N4O7/c1-15(2)25(26,22(30)33-3)12-16-4-10-19(11-5-16)34-14-20-13-29(24(32)35-20)18-8-6-17(7-9-18)21-27-23(31)36-28-21/h4-11,15,20H,12-14,26H2,1-3H3,(H,27,28,31). The molecule has 11 heteroatoms. The molecule has 2 heterocycles. The number of ether oxygens (including phenoxy) is 3.